The van der Waals surface area contributed by atoms with Crippen molar-refractivity contribution >= 4 is 46.7 Å². The molecule has 0 saturated carbocycles. The summed E-state index contributed by atoms with van der Waals surface area (Å²) < 4.78 is 5.75. The van der Waals surface area contributed by atoms with Crippen molar-refractivity contribution < 1.29 is 4.74 Å². The first-order chi connectivity index (χ1) is 11.6. The van der Waals surface area contributed by atoms with E-state index < -0.39 is 0 Å². The molecule has 0 heterocycles. The highest BCUT2D eigenvalue weighted by atomic mass is 35.5. The van der Waals surface area contributed by atoms with Crippen LogP contribution in [0.4, 0.5) is 5.69 Å². The standard InChI is InChI=1S/C19H12Cl3NO/c20-16-10-18(22)19(11-17(16)21)23-12-13-6-8-15(9-7-13)24-14-4-2-1-3-5-14/h1-12H. The van der Waals surface area contributed by atoms with Crippen LogP contribution in [0.1, 0.15) is 5.56 Å². The van der Waals surface area contributed by atoms with Crippen LogP contribution in [-0.2, 0) is 0 Å². The van der Waals surface area contributed by atoms with Gasteiger partial charge >= 0.3 is 0 Å². The van der Waals surface area contributed by atoms with E-state index in [1.54, 1.807) is 18.3 Å². The van der Waals surface area contributed by atoms with Crippen LogP contribution in [0.25, 0.3) is 0 Å². The van der Waals surface area contributed by atoms with E-state index in [2.05, 4.69) is 4.99 Å². The lowest BCUT2D eigenvalue weighted by Crippen LogP contribution is -1.85. The summed E-state index contributed by atoms with van der Waals surface area (Å²) >= 11 is 18.0. The molecule has 0 radical (unpaired) electrons. The van der Waals surface area contributed by atoms with Crippen LogP contribution >= 0.6 is 34.8 Å². The van der Waals surface area contributed by atoms with Crippen LogP contribution < -0.4 is 4.74 Å². The Morgan fingerprint density at radius 1 is 0.708 bits per heavy atom. The maximum Gasteiger partial charge on any atom is 0.127 e. The first-order valence-corrected chi connectivity index (χ1v) is 8.27. The second kappa shape index (κ2) is 7.71. The second-order valence-corrected chi connectivity index (χ2v) is 6.18. The van der Waals surface area contributed by atoms with E-state index in [1.165, 1.54) is 0 Å². The SMILES string of the molecule is Clc1cc(Cl)c(N=Cc2ccc(Oc3ccccc3)cc2)cc1Cl. The molecule has 0 atom stereocenters. The summed E-state index contributed by atoms with van der Waals surface area (Å²) in [5.41, 5.74) is 1.48. The minimum atomic E-state index is 0.406. The van der Waals surface area contributed by atoms with Crippen molar-refractivity contribution in [1.82, 2.24) is 0 Å². The molecule has 120 valence electrons. The summed E-state index contributed by atoms with van der Waals surface area (Å²) in [6.07, 6.45) is 1.71. The molecular weight excluding hydrogens is 365 g/mol. The Balaban J connectivity index is 1.73. The van der Waals surface area contributed by atoms with E-state index in [0.717, 1.165) is 17.1 Å². The second-order valence-electron chi connectivity index (χ2n) is 4.96. The van der Waals surface area contributed by atoms with Crippen molar-refractivity contribution in [2.45, 2.75) is 0 Å². The molecule has 3 aromatic rings. The minimum absolute atomic E-state index is 0.406. The van der Waals surface area contributed by atoms with Gasteiger partial charge in [-0.3, -0.25) is 4.99 Å². The molecule has 0 aliphatic carbocycles. The summed E-state index contributed by atoms with van der Waals surface area (Å²) in [7, 11) is 0. The predicted octanol–water partition coefficient (Wildman–Crippen LogP) is 7.19. The third-order valence-electron chi connectivity index (χ3n) is 3.20. The Hall–Kier alpha value is -2.00. The highest BCUT2D eigenvalue weighted by Crippen LogP contribution is 2.34. The van der Waals surface area contributed by atoms with Crippen LogP contribution in [0, 0.1) is 0 Å². The molecule has 0 unspecified atom stereocenters. The number of hydrogen-bond donors (Lipinski definition) is 0. The zero-order chi connectivity index (χ0) is 16.9. The average molecular weight is 377 g/mol. The molecule has 0 aliphatic heterocycles. The maximum atomic E-state index is 6.11. The van der Waals surface area contributed by atoms with Gasteiger partial charge in [0.25, 0.3) is 0 Å². The van der Waals surface area contributed by atoms with Crippen LogP contribution in [0.5, 0.6) is 11.5 Å². The Labute approximate surface area is 155 Å². The number of benzene rings is 3. The third-order valence-corrected chi connectivity index (χ3v) is 4.23. The molecule has 0 spiro atoms. The average Bonchev–Trinajstić information content (AvgIpc) is 2.59. The largest absolute Gasteiger partial charge is 0.457 e. The van der Waals surface area contributed by atoms with E-state index in [9.17, 15) is 0 Å². The van der Waals surface area contributed by atoms with Crippen molar-refractivity contribution in [2.24, 2.45) is 4.99 Å². The van der Waals surface area contributed by atoms with E-state index in [0.29, 0.717) is 20.8 Å². The molecule has 0 aromatic heterocycles. The fourth-order valence-corrected chi connectivity index (χ4v) is 2.59. The molecule has 0 fully saturated rings. The minimum Gasteiger partial charge on any atom is -0.457 e. The van der Waals surface area contributed by atoms with Gasteiger partial charge in [0, 0.05) is 6.21 Å². The molecular formula is C19H12Cl3NO. The first kappa shape index (κ1) is 16.8. The number of ether oxygens (including phenoxy) is 1. The third kappa shape index (κ3) is 4.30. The van der Waals surface area contributed by atoms with E-state index >= 15 is 0 Å². The van der Waals surface area contributed by atoms with Crippen LogP contribution in [0.15, 0.2) is 71.7 Å². The summed E-state index contributed by atoms with van der Waals surface area (Å²) in [6, 6.07) is 20.4. The monoisotopic (exact) mass is 375 g/mol. The predicted molar refractivity (Wildman–Crippen MR) is 102 cm³/mol. The Kier molecular flexibility index (Phi) is 5.41. The molecule has 0 aliphatic rings. The van der Waals surface area contributed by atoms with Gasteiger partial charge < -0.3 is 4.74 Å². The normalized spacial score (nSPS) is 11.0. The van der Waals surface area contributed by atoms with Gasteiger partial charge in [0.1, 0.15) is 11.5 Å². The Bertz CT molecular complexity index is 862. The number of para-hydroxylation sites is 1. The van der Waals surface area contributed by atoms with Crippen LogP contribution in [0.2, 0.25) is 15.1 Å². The van der Waals surface area contributed by atoms with Gasteiger partial charge in [-0.25, -0.2) is 0 Å². The van der Waals surface area contributed by atoms with Crippen molar-refractivity contribution in [3.05, 3.63) is 87.4 Å². The number of halogens is 3. The number of nitrogens with zero attached hydrogens (tertiary/aromatic N) is 1. The summed E-state index contributed by atoms with van der Waals surface area (Å²) in [6.45, 7) is 0. The van der Waals surface area contributed by atoms with Crippen molar-refractivity contribution in [2.75, 3.05) is 0 Å². The molecule has 0 bridgehead atoms. The van der Waals surface area contributed by atoms with Gasteiger partial charge in [-0.2, -0.15) is 0 Å². The van der Waals surface area contributed by atoms with Gasteiger partial charge in [-0.05, 0) is 54.1 Å². The van der Waals surface area contributed by atoms with Gasteiger partial charge in [0.2, 0.25) is 0 Å². The lowest BCUT2D eigenvalue weighted by atomic mass is 10.2. The molecule has 5 heteroatoms. The summed E-state index contributed by atoms with van der Waals surface area (Å²) in [5.74, 6) is 1.55. The Morgan fingerprint density at radius 3 is 2.04 bits per heavy atom. The van der Waals surface area contributed by atoms with E-state index in [-0.39, 0.29) is 0 Å². The van der Waals surface area contributed by atoms with Gasteiger partial charge in [0.15, 0.2) is 0 Å². The van der Waals surface area contributed by atoms with Gasteiger partial charge in [0.05, 0.1) is 20.8 Å². The van der Waals surface area contributed by atoms with Crippen molar-refractivity contribution in [1.29, 1.82) is 0 Å². The topological polar surface area (TPSA) is 21.6 Å². The molecule has 24 heavy (non-hydrogen) atoms. The molecule has 0 N–H and O–H groups in total. The Morgan fingerprint density at radius 2 is 1.33 bits per heavy atom. The lowest BCUT2D eigenvalue weighted by Gasteiger charge is -2.05. The van der Waals surface area contributed by atoms with Crippen LogP contribution in [-0.4, -0.2) is 6.21 Å². The zero-order valence-corrected chi connectivity index (χ0v) is 14.7. The highest BCUT2D eigenvalue weighted by Gasteiger charge is 2.04. The smallest absolute Gasteiger partial charge is 0.127 e. The molecule has 3 aromatic carbocycles. The summed E-state index contributed by atoms with van der Waals surface area (Å²) in [5, 5.41) is 1.27. The fraction of sp³-hybridized carbons (Fsp3) is 0. The van der Waals surface area contributed by atoms with Crippen molar-refractivity contribution in [3.8, 4) is 11.5 Å². The zero-order valence-electron chi connectivity index (χ0n) is 12.4. The highest BCUT2D eigenvalue weighted by molar-refractivity contribution is 6.43. The van der Waals surface area contributed by atoms with Gasteiger partial charge in [-0.1, -0.05) is 53.0 Å². The van der Waals surface area contributed by atoms with E-state index in [1.807, 2.05) is 54.6 Å². The van der Waals surface area contributed by atoms with Gasteiger partial charge in [-0.15, -0.1) is 0 Å². The molecule has 3 rings (SSSR count). The quantitative estimate of drug-likeness (QED) is 0.349. The number of rotatable bonds is 4. The molecule has 0 amide bonds. The maximum absolute atomic E-state index is 6.11. The van der Waals surface area contributed by atoms with Crippen molar-refractivity contribution in [3.63, 3.8) is 0 Å². The number of aliphatic imine (C=N–C) groups is 1. The molecule has 2 nitrogen and oxygen atoms in total. The summed E-state index contributed by atoms with van der Waals surface area (Å²) in [4.78, 5) is 4.35. The molecule has 0 saturated heterocycles. The first-order valence-electron chi connectivity index (χ1n) is 7.13. The fourth-order valence-electron chi connectivity index (χ4n) is 2.00. The van der Waals surface area contributed by atoms with Crippen LogP contribution in [0.3, 0.4) is 0 Å². The lowest BCUT2D eigenvalue weighted by molar-refractivity contribution is 0.482. The van der Waals surface area contributed by atoms with E-state index in [4.69, 9.17) is 39.5 Å². The number of hydrogen-bond acceptors (Lipinski definition) is 2.